The van der Waals surface area contributed by atoms with E-state index in [2.05, 4.69) is 45.8 Å². The molecule has 0 aliphatic carbocycles. The fourth-order valence-corrected chi connectivity index (χ4v) is 1.84. The second-order valence-corrected chi connectivity index (χ2v) is 4.39. The molecule has 2 nitrogen and oxygen atoms in total. The summed E-state index contributed by atoms with van der Waals surface area (Å²) >= 11 is 3.42. The number of fused-ring (bicyclic) bond motifs is 1. The lowest BCUT2D eigenvalue weighted by Gasteiger charge is -2.07. The lowest BCUT2D eigenvalue weighted by atomic mass is 10.1. The van der Waals surface area contributed by atoms with Gasteiger partial charge < -0.3 is 0 Å². The number of aromatic nitrogens is 2. The Bertz CT molecular complexity index is 506. The van der Waals surface area contributed by atoms with E-state index < -0.39 is 0 Å². The molecule has 0 atom stereocenters. The minimum absolute atomic E-state index is 0.828. The first-order valence-corrected chi connectivity index (χ1v) is 5.28. The van der Waals surface area contributed by atoms with E-state index in [1.807, 2.05) is 6.92 Å². The second-order valence-electron chi connectivity index (χ2n) is 3.47. The average Bonchev–Trinajstić information content (AvgIpc) is 2.16. The number of hydrogen-bond acceptors (Lipinski definition) is 2. The quantitative estimate of drug-likeness (QED) is 0.717. The molecule has 0 spiro atoms. The van der Waals surface area contributed by atoms with Crippen molar-refractivity contribution in [2.24, 2.45) is 0 Å². The smallest absolute Gasteiger partial charge is 0.159 e. The number of halogens is 1. The summed E-state index contributed by atoms with van der Waals surface area (Å²) in [6.07, 6.45) is 1.78. The number of aryl methyl sites for hydroxylation is 2. The summed E-state index contributed by atoms with van der Waals surface area (Å²) in [7, 11) is 0. The highest BCUT2D eigenvalue weighted by Crippen LogP contribution is 2.23. The van der Waals surface area contributed by atoms with Gasteiger partial charge in [0.1, 0.15) is 0 Å². The summed E-state index contributed by atoms with van der Waals surface area (Å²) < 4.78 is 0.998. The minimum atomic E-state index is 0.828. The van der Waals surface area contributed by atoms with Crippen LogP contribution in [0.25, 0.3) is 11.0 Å². The van der Waals surface area contributed by atoms with Gasteiger partial charge in [-0.05, 0) is 53.9 Å². The number of hydrogen-bond donors (Lipinski definition) is 0. The molecule has 0 N–H and O–H groups in total. The van der Waals surface area contributed by atoms with Gasteiger partial charge in [0.2, 0.25) is 0 Å². The van der Waals surface area contributed by atoms with Crippen LogP contribution < -0.4 is 0 Å². The molecule has 0 amide bonds. The SMILES string of the molecule is Cc1nc2ncc(Br)cc2c(C)c1C. The number of rotatable bonds is 0. The highest BCUT2D eigenvalue weighted by atomic mass is 79.9. The maximum absolute atomic E-state index is 4.45. The average molecular weight is 251 g/mol. The zero-order valence-electron chi connectivity index (χ0n) is 8.43. The third-order valence-electron chi connectivity index (χ3n) is 2.62. The van der Waals surface area contributed by atoms with Gasteiger partial charge in [-0.2, -0.15) is 0 Å². The van der Waals surface area contributed by atoms with E-state index in [0.29, 0.717) is 0 Å². The first-order chi connectivity index (χ1) is 6.59. The van der Waals surface area contributed by atoms with Crippen molar-refractivity contribution >= 4 is 27.0 Å². The largest absolute Gasteiger partial charge is 0.235 e. The predicted octanol–water partition coefficient (Wildman–Crippen LogP) is 3.32. The van der Waals surface area contributed by atoms with E-state index in [4.69, 9.17) is 0 Å². The van der Waals surface area contributed by atoms with Gasteiger partial charge in [-0.15, -0.1) is 0 Å². The van der Waals surface area contributed by atoms with Gasteiger partial charge in [-0.25, -0.2) is 9.97 Å². The monoisotopic (exact) mass is 250 g/mol. The third-order valence-corrected chi connectivity index (χ3v) is 3.05. The normalized spacial score (nSPS) is 10.9. The standard InChI is InChI=1S/C11H11BrN2/c1-6-7(2)10-4-9(12)5-13-11(10)14-8(6)3/h4-5H,1-3H3. The van der Waals surface area contributed by atoms with Crippen LogP contribution in [0.15, 0.2) is 16.7 Å². The highest BCUT2D eigenvalue weighted by Gasteiger charge is 2.06. The van der Waals surface area contributed by atoms with Crippen LogP contribution in [0.1, 0.15) is 16.8 Å². The van der Waals surface area contributed by atoms with Crippen LogP contribution in [0.3, 0.4) is 0 Å². The van der Waals surface area contributed by atoms with Gasteiger partial charge >= 0.3 is 0 Å². The highest BCUT2D eigenvalue weighted by molar-refractivity contribution is 9.10. The van der Waals surface area contributed by atoms with Gasteiger partial charge in [0, 0.05) is 21.7 Å². The summed E-state index contributed by atoms with van der Waals surface area (Å²) in [5.41, 5.74) is 4.40. The summed E-state index contributed by atoms with van der Waals surface area (Å²) in [5.74, 6) is 0. The molecular weight excluding hydrogens is 240 g/mol. The molecule has 0 aliphatic rings. The molecule has 3 heteroatoms. The van der Waals surface area contributed by atoms with Gasteiger partial charge in [-0.3, -0.25) is 0 Å². The van der Waals surface area contributed by atoms with Crippen LogP contribution >= 0.6 is 15.9 Å². The van der Waals surface area contributed by atoms with Crippen LogP contribution in [0.4, 0.5) is 0 Å². The van der Waals surface area contributed by atoms with Gasteiger partial charge in [0.05, 0.1) is 0 Å². The summed E-state index contributed by atoms with van der Waals surface area (Å²) in [6, 6.07) is 2.07. The van der Waals surface area contributed by atoms with Crippen molar-refractivity contribution in [1.29, 1.82) is 0 Å². The van der Waals surface area contributed by atoms with Crippen molar-refractivity contribution in [2.45, 2.75) is 20.8 Å². The molecule has 0 unspecified atom stereocenters. The Morgan fingerprint density at radius 1 is 1.14 bits per heavy atom. The molecule has 0 fully saturated rings. The van der Waals surface area contributed by atoms with Crippen LogP contribution in [0.2, 0.25) is 0 Å². The molecule has 14 heavy (non-hydrogen) atoms. The van der Waals surface area contributed by atoms with Gasteiger partial charge in [0.15, 0.2) is 5.65 Å². The molecular formula is C11H11BrN2. The van der Waals surface area contributed by atoms with Crippen molar-refractivity contribution < 1.29 is 0 Å². The minimum Gasteiger partial charge on any atom is -0.235 e. The van der Waals surface area contributed by atoms with Crippen LogP contribution in [0.5, 0.6) is 0 Å². The Balaban J connectivity index is 2.92. The van der Waals surface area contributed by atoms with Crippen LogP contribution in [-0.4, -0.2) is 9.97 Å². The third kappa shape index (κ3) is 1.42. The first-order valence-electron chi connectivity index (χ1n) is 4.48. The molecule has 2 rings (SSSR count). The van der Waals surface area contributed by atoms with E-state index in [1.165, 1.54) is 11.1 Å². The van der Waals surface area contributed by atoms with Crippen molar-refractivity contribution in [2.75, 3.05) is 0 Å². The van der Waals surface area contributed by atoms with Crippen molar-refractivity contribution in [3.05, 3.63) is 33.6 Å². The topological polar surface area (TPSA) is 25.8 Å². The fraction of sp³-hybridized carbons (Fsp3) is 0.273. The molecule has 0 aliphatic heterocycles. The van der Waals surface area contributed by atoms with Gasteiger partial charge in [-0.1, -0.05) is 0 Å². The van der Waals surface area contributed by atoms with E-state index in [0.717, 1.165) is 21.2 Å². The molecule has 0 aromatic carbocycles. The summed E-state index contributed by atoms with van der Waals surface area (Å²) in [5, 5.41) is 1.13. The molecule has 0 radical (unpaired) electrons. The Morgan fingerprint density at radius 2 is 1.86 bits per heavy atom. The molecule has 2 aromatic heterocycles. The second kappa shape index (κ2) is 3.31. The van der Waals surface area contributed by atoms with Crippen molar-refractivity contribution in [3.8, 4) is 0 Å². The molecule has 0 saturated carbocycles. The lowest BCUT2D eigenvalue weighted by Crippen LogP contribution is -1.95. The zero-order chi connectivity index (χ0) is 10.3. The fourth-order valence-electron chi connectivity index (χ4n) is 1.51. The molecule has 2 heterocycles. The first kappa shape index (κ1) is 9.59. The summed E-state index contributed by atoms with van der Waals surface area (Å²) in [4.78, 5) is 8.73. The van der Waals surface area contributed by atoms with E-state index in [9.17, 15) is 0 Å². The van der Waals surface area contributed by atoms with Crippen molar-refractivity contribution in [1.82, 2.24) is 9.97 Å². The molecule has 0 saturated heterocycles. The van der Waals surface area contributed by atoms with Crippen LogP contribution in [0, 0.1) is 20.8 Å². The Hall–Kier alpha value is -0.960. The van der Waals surface area contributed by atoms with E-state index >= 15 is 0 Å². The Morgan fingerprint density at radius 3 is 2.57 bits per heavy atom. The van der Waals surface area contributed by atoms with E-state index in [1.54, 1.807) is 6.20 Å². The maximum atomic E-state index is 4.45. The predicted molar refractivity (Wildman–Crippen MR) is 61.4 cm³/mol. The lowest BCUT2D eigenvalue weighted by molar-refractivity contribution is 1.13. The number of nitrogens with zero attached hydrogens (tertiary/aromatic N) is 2. The molecule has 2 aromatic rings. The molecule has 0 bridgehead atoms. The number of pyridine rings is 2. The summed E-state index contributed by atoms with van der Waals surface area (Å²) in [6.45, 7) is 6.23. The van der Waals surface area contributed by atoms with Gasteiger partial charge in [0.25, 0.3) is 0 Å². The molecule has 72 valence electrons. The maximum Gasteiger partial charge on any atom is 0.159 e. The Kier molecular flexibility index (Phi) is 2.27. The van der Waals surface area contributed by atoms with Crippen molar-refractivity contribution in [3.63, 3.8) is 0 Å². The van der Waals surface area contributed by atoms with E-state index in [-0.39, 0.29) is 0 Å². The zero-order valence-corrected chi connectivity index (χ0v) is 10.0. The Labute approximate surface area is 91.5 Å². The van der Waals surface area contributed by atoms with Crippen LogP contribution in [-0.2, 0) is 0 Å².